The second kappa shape index (κ2) is 21.5. The van der Waals surface area contributed by atoms with Crippen molar-refractivity contribution < 1.29 is 65.4 Å². The Balaban J connectivity index is 1.27. The second-order valence-corrected chi connectivity index (χ2v) is 18.4. The summed E-state index contributed by atoms with van der Waals surface area (Å²) in [6.07, 6.45) is -2.54. The van der Waals surface area contributed by atoms with Gasteiger partial charge in [0.15, 0.2) is 24.4 Å². The van der Waals surface area contributed by atoms with E-state index in [2.05, 4.69) is 10.3 Å². The Bertz CT molecular complexity index is 2050. The van der Waals surface area contributed by atoms with Gasteiger partial charge in [-0.1, -0.05) is 26.0 Å². The Morgan fingerprint density at radius 2 is 1.82 bits per heavy atom. The van der Waals surface area contributed by atoms with Crippen molar-refractivity contribution in [2.24, 2.45) is 11.8 Å². The minimum Gasteiger partial charge on any atom is -0.487 e. The van der Waals surface area contributed by atoms with Crippen molar-refractivity contribution in [2.75, 3.05) is 73.6 Å². The maximum Gasteiger partial charge on any atom is 0.407 e. The molecule has 1 N–H and O–H groups in total. The van der Waals surface area contributed by atoms with Gasteiger partial charge in [0.25, 0.3) is 0 Å². The molecule has 0 aliphatic carbocycles. The number of rotatable bonds is 22. The summed E-state index contributed by atoms with van der Waals surface area (Å²) in [5, 5.41) is 5.73. The zero-order valence-corrected chi connectivity index (χ0v) is 36.6. The first-order valence-corrected chi connectivity index (χ1v) is 22.3. The number of methoxy groups -OCH3 is 1. The van der Waals surface area contributed by atoms with Crippen LogP contribution in [0.15, 0.2) is 52.7 Å². The number of carbonyl (C=O) groups is 3. The molecule has 334 valence electrons. The van der Waals surface area contributed by atoms with Crippen LogP contribution in [0.4, 0.5) is 4.79 Å². The van der Waals surface area contributed by atoms with Crippen molar-refractivity contribution in [3.8, 4) is 17.2 Å². The maximum absolute atomic E-state index is 14.5. The van der Waals surface area contributed by atoms with Gasteiger partial charge in [-0.2, -0.15) is 4.31 Å². The first-order valence-electron chi connectivity index (χ1n) is 20.0. The number of esters is 2. The van der Waals surface area contributed by atoms with E-state index in [1.165, 1.54) is 33.8 Å². The van der Waals surface area contributed by atoms with Gasteiger partial charge < -0.3 is 47.9 Å². The third-order valence-electron chi connectivity index (χ3n) is 10.1. The predicted octanol–water partition coefficient (Wildman–Crippen LogP) is 3.54. The molecule has 0 saturated carbocycles. The molecular formula is C41H54N4O14S2. The van der Waals surface area contributed by atoms with Gasteiger partial charge in [0.1, 0.15) is 24.6 Å². The van der Waals surface area contributed by atoms with Crippen molar-refractivity contribution >= 4 is 39.4 Å². The Kier molecular flexibility index (Phi) is 16.2. The van der Waals surface area contributed by atoms with E-state index >= 15 is 0 Å². The number of benzene rings is 2. The lowest BCUT2D eigenvalue weighted by atomic mass is 10.0. The molecule has 4 heterocycles. The van der Waals surface area contributed by atoms with Gasteiger partial charge in [0.2, 0.25) is 16.8 Å². The Morgan fingerprint density at radius 3 is 2.56 bits per heavy atom. The monoisotopic (exact) mass is 890 g/mol. The number of fused-ring (bicyclic) bond motifs is 2. The highest BCUT2D eigenvalue weighted by Crippen LogP contribution is 2.35. The van der Waals surface area contributed by atoms with Crippen LogP contribution in [0.3, 0.4) is 0 Å². The fourth-order valence-electron chi connectivity index (χ4n) is 7.00. The third kappa shape index (κ3) is 13.0. The number of hydrogen-bond acceptors (Lipinski definition) is 17. The lowest BCUT2D eigenvalue weighted by Crippen LogP contribution is -2.53. The van der Waals surface area contributed by atoms with Crippen LogP contribution >= 0.6 is 11.3 Å². The molecular weight excluding hydrogens is 837 g/mol. The average Bonchev–Trinajstić information content (AvgIpc) is 4.05. The molecule has 1 aromatic heterocycles. The predicted molar refractivity (Wildman–Crippen MR) is 219 cm³/mol. The van der Waals surface area contributed by atoms with Gasteiger partial charge in [0.05, 0.1) is 60.5 Å². The fourth-order valence-corrected chi connectivity index (χ4v) is 9.23. The fraction of sp³-hybridized carbons (Fsp3) is 0.561. The van der Waals surface area contributed by atoms with E-state index in [4.69, 9.17) is 42.6 Å². The smallest absolute Gasteiger partial charge is 0.407 e. The largest absolute Gasteiger partial charge is 0.487 e. The summed E-state index contributed by atoms with van der Waals surface area (Å²) < 4.78 is 80.5. The van der Waals surface area contributed by atoms with Crippen LogP contribution in [0.25, 0.3) is 0 Å². The molecule has 3 aliphatic rings. The van der Waals surface area contributed by atoms with E-state index < -0.39 is 65.7 Å². The zero-order chi connectivity index (χ0) is 43.5. The summed E-state index contributed by atoms with van der Waals surface area (Å²) in [6, 6.07) is 10.3. The maximum atomic E-state index is 14.5. The number of aromatic nitrogens is 1. The lowest BCUT2D eigenvalue weighted by molar-refractivity contribution is -0.164. The van der Waals surface area contributed by atoms with Crippen molar-refractivity contribution in [3.05, 3.63) is 64.1 Å². The number of likely N-dealkylation sites (N-methyl/N-ethyl adjacent to an activating group) is 1. The van der Waals surface area contributed by atoms with Crippen molar-refractivity contribution in [2.45, 2.75) is 69.7 Å². The third-order valence-corrected chi connectivity index (χ3v) is 12.7. The molecule has 2 aromatic carbocycles. The molecule has 61 heavy (non-hydrogen) atoms. The molecule has 0 bridgehead atoms. The number of ether oxygens (including phenoxy) is 9. The Hall–Kier alpha value is -4.57. The quantitative estimate of drug-likeness (QED) is 0.113. The van der Waals surface area contributed by atoms with Crippen LogP contribution in [0.5, 0.6) is 17.2 Å². The van der Waals surface area contributed by atoms with Crippen molar-refractivity contribution in [1.82, 2.24) is 19.5 Å². The van der Waals surface area contributed by atoms with Crippen LogP contribution in [-0.4, -0.2) is 139 Å². The SMILES string of the molecule is COCCN(C)CC(=O)OCC(=O)O[C@H](CN(CC(C)C)S(=O)(=O)c1ccc2c(c1)OCO2)[C@H](Cc1ccc(OCc2csc(C)n2)cc1)NC(=O)O[C@H]1CO[C@H]2OCC[C@H]21. The lowest BCUT2D eigenvalue weighted by Gasteiger charge is -2.33. The van der Waals surface area contributed by atoms with E-state index in [9.17, 15) is 22.8 Å². The van der Waals surface area contributed by atoms with Crippen molar-refractivity contribution in [1.29, 1.82) is 0 Å². The molecule has 0 unspecified atom stereocenters. The van der Waals surface area contributed by atoms with E-state index in [1.807, 2.05) is 26.2 Å². The number of carbonyl (C=O) groups excluding carboxylic acids is 3. The normalized spacial score (nSPS) is 19.2. The number of nitrogens with one attached hydrogen (secondary N) is 1. The molecule has 1 amide bonds. The topological polar surface area (TPSA) is 200 Å². The average molecular weight is 891 g/mol. The van der Waals surface area contributed by atoms with Crippen LogP contribution in [-0.2, 0) is 61.1 Å². The first-order chi connectivity index (χ1) is 29.3. The number of sulfonamides is 1. The Labute approximate surface area is 359 Å². The molecule has 2 fully saturated rings. The van der Waals surface area contributed by atoms with Gasteiger partial charge in [-0.3, -0.25) is 9.69 Å². The molecule has 2 saturated heterocycles. The van der Waals surface area contributed by atoms with Crippen LogP contribution < -0.4 is 19.5 Å². The van der Waals surface area contributed by atoms with Gasteiger partial charge >= 0.3 is 18.0 Å². The van der Waals surface area contributed by atoms with E-state index in [1.54, 1.807) is 43.3 Å². The summed E-state index contributed by atoms with van der Waals surface area (Å²) in [4.78, 5) is 46.1. The van der Waals surface area contributed by atoms with E-state index in [0.29, 0.717) is 43.2 Å². The molecule has 5 atom stereocenters. The minimum absolute atomic E-state index is 0.0117. The summed E-state index contributed by atoms with van der Waals surface area (Å²) in [5.74, 6) is -0.737. The summed E-state index contributed by atoms with van der Waals surface area (Å²) in [7, 11) is -1.04. The summed E-state index contributed by atoms with van der Waals surface area (Å²) in [5.41, 5.74) is 1.49. The number of nitrogens with zero attached hydrogens (tertiary/aromatic N) is 3. The number of alkyl carbamates (subject to hydrolysis) is 1. The zero-order valence-electron chi connectivity index (χ0n) is 34.9. The molecule has 3 aliphatic heterocycles. The highest BCUT2D eigenvalue weighted by molar-refractivity contribution is 7.89. The molecule has 20 heteroatoms. The van der Waals surface area contributed by atoms with Crippen LogP contribution in [0.2, 0.25) is 0 Å². The summed E-state index contributed by atoms with van der Waals surface area (Å²) in [6.45, 7) is 6.00. The number of aryl methyl sites for hydroxylation is 1. The standard InChI is InChI=1S/C41H54N4O14S2/c1-26(2)18-45(61(49,50)31-10-11-34-35(17-31)57-25-56-34)19-36(58-39(47)23-54-38(46)20-44(4)13-15-51-5)33(43-41(48)59-37-22-55-40-32(37)12-14-52-40)16-28-6-8-30(9-7-28)53-21-29-24-60-27(3)42-29/h6-11,17,24,26,32-33,36-37,40H,12-16,18-23,25H2,1-5H3,(H,43,48)/t32-,33-,36+,37-,40+/m0/s1. The van der Waals surface area contributed by atoms with Crippen molar-refractivity contribution in [3.63, 3.8) is 0 Å². The highest BCUT2D eigenvalue weighted by atomic mass is 32.2. The number of thiazole rings is 1. The molecule has 0 radical (unpaired) electrons. The summed E-state index contributed by atoms with van der Waals surface area (Å²) >= 11 is 1.53. The second-order valence-electron chi connectivity index (χ2n) is 15.4. The molecule has 3 aromatic rings. The van der Waals surface area contributed by atoms with E-state index in [0.717, 1.165) is 10.7 Å². The number of amides is 1. The van der Waals surface area contributed by atoms with Gasteiger partial charge in [0, 0.05) is 31.6 Å². The first kappa shape index (κ1) is 45.9. The van der Waals surface area contributed by atoms with E-state index in [-0.39, 0.29) is 62.0 Å². The Morgan fingerprint density at radius 1 is 1.03 bits per heavy atom. The van der Waals surface area contributed by atoms with Crippen LogP contribution in [0, 0.1) is 18.8 Å². The van der Waals surface area contributed by atoms with Gasteiger partial charge in [-0.05, 0) is 62.6 Å². The highest BCUT2D eigenvalue weighted by Gasteiger charge is 2.44. The molecule has 18 nitrogen and oxygen atoms in total. The molecule has 6 rings (SSSR count). The number of hydrogen-bond donors (Lipinski definition) is 1. The van der Waals surface area contributed by atoms with Crippen LogP contribution in [0.1, 0.15) is 36.5 Å². The van der Waals surface area contributed by atoms with Gasteiger partial charge in [-0.25, -0.2) is 23.0 Å². The minimum atomic E-state index is -4.28. The molecule has 0 spiro atoms. The van der Waals surface area contributed by atoms with Gasteiger partial charge in [-0.15, -0.1) is 11.3 Å².